The lowest BCUT2D eigenvalue weighted by molar-refractivity contribution is 0.244. The van der Waals surface area contributed by atoms with Gasteiger partial charge in [-0.3, -0.25) is 4.90 Å². The Hall–Kier alpha value is -3.56. The molecule has 0 bridgehead atoms. The van der Waals surface area contributed by atoms with Crippen LogP contribution in [0.4, 0.5) is 10.5 Å². The highest BCUT2D eigenvalue weighted by Gasteiger charge is 2.36. The van der Waals surface area contributed by atoms with E-state index in [0.717, 1.165) is 32.3 Å². The molecule has 5 rings (SSSR count). The van der Waals surface area contributed by atoms with Gasteiger partial charge < -0.3 is 14.6 Å². The maximum Gasteiger partial charge on any atom is 0.326 e. The summed E-state index contributed by atoms with van der Waals surface area (Å²) >= 11 is 3.19. The van der Waals surface area contributed by atoms with E-state index in [1.807, 2.05) is 79.2 Å². The number of thioether (sulfide) groups is 1. The Balaban J connectivity index is 1.65. The van der Waals surface area contributed by atoms with Gasteiger partial charge in [0.1, 0.15) is 5.75 Å². The van der Waals surface area contributed by atoms with Crippen molar-refractivity contribution in [3.05, 3.63) is 83.2 Å². The largest absolute Gasteiger partial charge is 0.497 e. The van der Waals surface area contributed by atoms with Gasteiger partial charge in [0.25, 0.3) is 5.89 Å². The van der Waals surface area contributed by atoms with Crippen molar-refractivity contribution in [3.63, 3.8) is 0 Å². The summed E-state index contributed by atoms with van der Waals surface area (Å²) in [6, 6.07) is 18.6. The third-order valence-electron chi connectivity index (χ3n) is 5.64. The van der Waals surface area contributed by atoms with Gasteiger partial charge in [-0.1, -0.05) is 23.4 Å². The molecule has 172 valence electrons. The predicted molar refractivity (Wildman–Crippen MR) is 135 cm³/mol. The second-order valence-electron chi connectivity index (χ2n) is 7.59. The van der Waals surface area contributed by atoms with Gasteiger partial charge in [-0.2, -0.15) is 4.98 Å². The van der Waals surface area contributed by atoms with Gasteiger partial charge in [0, 0.05) is 10.6 Å². The fraction of sp³-hybridized carbons (Fsp3) is 0.160. The summed E-state index contributed by atoms with van der Waals surface area (Å²) in [7, 11) is 1.62. The first kappa shape index (κ1) is 22.2. The van der Waals surface area contributed by atoms with E-state index in [1.54, 1.807) is 35.1 Å². The van der Waals surface area contributed by atoms with E-state index in [-0.39, 0.29) is 6.03 Å². The molecule has 1 atom stereocenters. The smallest absolute Gasteiger partial charge is 0.326 e. The number of allylic oxidation sites excluding steroid dienone is 1. The van der Waals surface area contributed by atoms with Crippen molar-refractivity contribution in [2.24, 2.45) is 0 Å². The average Bonchev–Trinajstić information content (AvgIpc) is 3.56. The zero-order chi connectivity index (χ0) is 23.7. The van der Waals surface area contributed by atoms with Crippen LogP contribution < -0.4 is 15.0 Å². The second-order valence-corrected chi connectivity index (χ2v) is 9.42. The number of urea groups is 1. The molecule has 4 aromatic rings. The van der Waals surface area contributed by atoms with Crippen LogP contribution in [-0.2, 0) is 0 Å². The normalized spacial score (nSPS) is 16.0. The number of methoxy groups -OCH3 is 1. The molecule has 0 saturated carbocycles. The lowest BCUT2D eigenvalue weighted by Gasteiger charge is -2.35. The van der Waals surface area contributed by atoms with Crippen LogP contribution >= 0.6 is 23.1 Å². The van der Waals surface area contributed by atoms with E-state index in [9.17, 15) is 4.79 Å². The molecule has 2 amide bonds. The van der Waals surface area contributed by atoms with Crippen LogP contribution in [0.1, 0.15) is 24.4 Å². The van der Waals surface area contributed by atoms with E-state index < -0.39 is 6.04 Å². The Bertz CT molecular complexity index is 1350. The third kappa shape index (κ3) is 4.08. The Kier molecular flexibility index (Phi) is 6.12. The van der Waals surface area contributed by atoms with Crippen LogP contribution in [0.3, 0.4) is 0 Å². The fourth-order valence-corrected chi connectivity index (χ4v) is 5.03. The molecule has 0 fully saturated rings. The van der Waals surface area contributed by atoms with E-state index in [0.29, 0.717) is 17.5 Å². The first-order chi connectivity index (χ1) is 16.6. The Morgan fingerprint density at radius 1 is 1.15 bits per heavy atom. The molecule has 1 N–H and O–H groups in total. The first-order valence-electron chi connectivity index (χ1n) is 10.6. The van der Waals surface area contributed by atoms with Gasteiger partial charge in [0.05, 0.1) is 29.3 Å². The van der Waals surface area contributed by atoms with Crippen molar-refractivity contribution in [1.82, 2.24) is 15.5 Å². The van der Waals surface area contributed by atoms with Crippen molar-refractivity contribution in [3.8, 4) is 16.5 Å². The summed E-state index contributed by atoms with van der Waals surface area (Å²) in [5, 5.41) is 9.30. The van der Waals surface area contributed by atoms with Gasteiger partial charge in [0.2, 0.25) is 5.82 Å². The molecule has 1 aliphatic rings. The number of nitrogens with zero attached hydrogens (tertiary/aromatic N) is 3. The zero-order valence-corrected chi connectivity index (χ0v) is 20.4. The van der Waals surface area contributed by atoms with E-state index in [1.165, 1.54) is 0 Å². The van der Waals surface area contributed by atoms with Crippen LogP contribution in [0, 0.1) is 0 Å². The number of aromatic nitrogens is 2. The molecule has 1 unspecified atom stereocenters. The highest BCUT2D eigenvalue weighted by atomic mass is 32.2. The lowest BCUT2D eigenvalue weighted by atomic mass is 9.94. The summed E-state index contributed by atoms with van der Waals surface area (Å²) < 4.78 is 11.2. The number of hydrogen-bond acceptors (Lipinski definition) is 7. The number of carbonyl (C=O) groups is 1. The maximum absolute atomic E-state index is 13.3. The Morgan fingerprint density at radius 3 is 2.68 bits per heavy atom. The second kappa shape index (κ2) is 9.36. The monoisotopic (exact) mass is 490 g/mol. The standard InChI is InChI=1S/C25H22N4O3S2/c1-15-21(24-27-23(28-32-24)20-8-5-13-34-20)22(16-6-4-7-18(14-16)31-2)26-25(30)29(15)17-9-11-19(33-3)12-10-17/h4-14,22H,1-3H3,(H,26,30). The van der Waals surface area contributed by atoms with E-state index >= 15 is 0 Å². The predicted octanol–water partition coefficient (Wildman–Crippen LogP) is 6.23. The minimum absolute atomic E-state index is 0.232. The average molecular weight is 491 g/mol. The number of hydrogen-bond donors (Lipinski definition) is 1. The van der Waals surface area contributed by atoms with Gasteiger partial charge in [-0.15, -0.1) is 23.1 Å². The zero-order valence-electron chi connectivity index (χ0n) is 18.8. The molecule has 3 heterocycles. The summed E-state index contributed by atoms with van der Waals surface area (Å²) in [4.78, 5) is 21.7. The molecular weight excluding hydrogens is 468 g/mol. The van der Waals surface area contributed by atoms with Crippen LogP contribution in [0.25, 0.3) is 16.3 Å². The molecule has 0 spiro atoms. The molecule has 9 heteroatoms. The molecule has 2 aromatic carbocycles. The number of anilines is 1. The molecule has 7 nitrogen and oxygen atoms in total. The summed E-state index contributed by atoms with van der Waals surface area (Å²) in [5.41, 5.74) is 3.06. The molecule has 0 saturated heterocycles. The Morgan fingerprint density at radius 2 is 1.97 bits per heavy atom. The first-order valence-corrected chi connectivity index (χ1v) is 12.7. The summed E-state index contributed by atoms with van der Waals surface area (Å²) in [6.07, 6.45) is 2.02. The topological polar surface area (TPSA) is 80.5 Å². The van der Waals surface area contributed by atoms with E-state index in [2.05, 4.69) is 15.5 Å². The highest BCUT2D eigenvalue weighted by molar-refractivity contribution is 7.98. The number of ether oxygens (including phenoxy) is 1. The number of carbonyl (C=O) groups excluding carboxylic acids is 1. The summed E-state index contributed by atoms with van der Waals surface area (Å²) in [5.74, 6) is 1.57. The fourth-order valence-electron chi connectivity index (χ4n) is 3.97. The van der Waals surface area contributed by atoms with Crippen molar-refractivity contribution >= 4 is 40.4 Å². The van der Waals surface area contributed by atoms with Crippen LogP contribution in [0.2, 0.25) is 0 Å². The lowest BCUT2D eigenvalue weighted by Crippen LogP contribution is -2.46. The van der Waals surface area contributed by atoms with Gasteiger partial charge in [-0.25, -0.2) is 4.79 Å². The van der Waals surface area contributed by atoms with Gasteiger partial charge >= 0.3 is 6.03 Å². The van der Waals surface area contributed by atoms with Gasteiger partial charge in [-0.05, 0) is 66.6 Å². The summed E-state index contributed by atoms with van der Waals surface area (Å²) in [6.45, 7) is 1.90. The SMILES string of the molecule is COc1cccc(C2NC(=O)N(c3ccc(SC)cc3)C(C)=C2c2nc(-c3cccs3)no2)c1. The number of amides is 2. The number of nitrogens with one attached hydrogen (secondary N) is 1. The molecular formula is C25H22N4O3S2. The van der Waals surface area contributed by atoms with Crippen LogP contribution in [0.5, 0.6) is 5.75 Å². The van der Waals surface area contributed by atoms with Crippen molar-refractivity contribution in [2.75, 3.05) is 18.3 Å². The quantitative estimate of drug-likeness (QED) is 0.323. The minimum Gasteiger partial charge on any atom is -0.497 e. The van der Waals surface area contributed by atoms with E-state index in [4.69, 9.17) is 9.26 Å². The number of thiophene rings is 1. The molecule has 1 aliphatic heterocycles. The van der Waals surface area contributed by atoms with Crippen LogP contribution in [-0.4, -0.2) is 29.5 Å². The molecule has 2 aromatic heterocycles. The van der Waals surface area contributed by atoms with Crippen molar-refractivity contribution in [2.45, 2.75) is 17.9 Å². The number of rotatable bonds is 6. The molecule has 0 radical (unpaired) electrons. The Labute approximate surface area is 205 Å². The maximum atomic E-state index is 13.3. The van der Waals surface area contributed by atoms with Gasteiger partial charge in [0.15, 0.2) is 0 Å². The van der Waals surface area contributed by atoms with Crippen molar-refractivity contribution in [1.29, 1.82) is 0 Å². The number of benzene rings is 2. The third-order valence-corrected chi connectivity index (χ3v) is 7.25. The highest BCUT2D eigenvalue weighted by Crippen LogP contribution is 2.40. The van der Waals surface area contributed by atoms with Crippen LogP contribution in [0.15, 0.2) is 81.2 Å². The van der Waals surface area contributed by atoms with Crippen molar-refractivity contribution < 1.29 is 14.1 Å². The minimum atomic E-state index is -0.485. The molecule has 0 aliphatic carbocycles. The molecule has 34 heavy (non-hydrogen) atoms.